The molecule has 0 bridgehead atoms. The van der Waals surface area contributed by atoms with Crippen LogP contribution in [0, 0.1) is 13.8 Å². The molecule has 0 unspecified atom stereocenters. The van der Waals surface area contributed by atoms with Crippen LogP contribution in [0.2, 0.25) is 0 Å². The lowest BCUT2D eigenvalue weighted by atomic mass is 10.1. The zero-order valence-corrected chi connectivity index (χ0v) is 11.8. The number of ether oxygens (including phenoxy) is 1. The predicted octanol–water partition coefficient (Wildman–Crippen LogP) is 3.17. The zero-order valence-electron chi connectivity index (χ0n) is 11.8. The number of nitrogen functional groups attached to an aromatic ring is 1. The number of nitrogens with two attached hydrogens (primary N) is 1. The van der Waals surface area contributed by atoms with Crippen molar-refractivity contribution < 1.29 is 9.53 Å². The Balaban J connectivity index is 1.88. The van der Waals surface area contributed by atoms with E-state index < -0.39 is 0 Å². The summed E-state index contributed by atoms with van der Waals surface area (Å²) in [5, 5.41) is 0. The first-order valence-corrected chi connectivity index (χ1v) is 6.61. The normalized spacial score (nSPS) is 10.3. The third-order valence-electron chi connectivity index (χ3n) is 3.30. The number of benzene rings is 2. The van der Waals surface area contributed by atoms with Gasteiger partial charge in [0.25, 0.3) is 0 Å². The number of rotatable bonds is 4. The molecule has 0 amide bonds. The smallest absolute Gasteiger partial charge is 0.310 e. The lowest BCUT2D eigenvalue weighted by Gasteiger charge is -2.07. The van der Waals surface area contributed by atoms with Gasteiger partial charge < -0.3 is 10.5 Å². The second-order valence-electron chi connectivity index (χ2n) is 5.00. The lowest BCUT2D eigenvalue weighted by molar-refractivity contribution is -0.144. The van der Waals surface area contributed by atoms with E-state index in [0.29, 0.717) is 12.3 Å². The highest BCUT2D eigenvalue weighted by molar-refractivity contribution is 5.72. The molecule has 0 atom stereocenters. The number of aryl methyl sites for hydroxylation is 2. The molecule has 0 aliphatic heterocycles. The molecule has 2 aromatic rings. The number of carbonyl (C=O) groups is 1. The van der Waals surface area contributed by atoms with Crippen molar-refractivity contribution in [1.29, 1.82) is 0 Å². The van der Waals surface area contributed by atoms with Crippen LogP contribution in [-0.2, 0) is 22.6 Å². The quantitative estimate of drug-likeness (QED) is 0.685. The van der Waals surface area contributed by atoms with Gasteiger partial charge >= 0.3 is 5.97 Å². The first-order chi connectivity index (χ1) is 9.54. The Kier molecular flexibility index (Phi) is 4.41. The Labute approximate surface area is 119 Å². The van der Waals surface area contributed by atoms with Crippen LogP contribution < -0.4 is 5.73 Å². The molecule has 0 spiro atoms. The number of esters is 1. The maximum absolute atomic E-state index is 11.8. The monoisotopic (exact) mass is 269 g/mol. The van der Waals surface area contributed by atoms with Crippen LogP contribution in [0.3, 0.4) is 0 Å². The molecule has 0 saturated carbocycles. The highest BCUT2D eigenvalue weighted by atomic mass is 16.5. The van der Waals surface area contributed by atoms with E-state index in [2.05, 4.69) is 13.8 Å². The summed E-state index contributed by atoms with van der Waals surface area (Å²) in [4.78, 5) is 11.8. The SMILES string of the molecule is Cc1ccc(COC(=O)Cc2ccc(N)cc2)cc1C. The van der Waals surface area contributed by atoms with Crippen LogP contribution in [-0.4, -0.2) is 5.97 Å². The van der Waals surface area contributed by atoms with Crippen LogP contribution in [0.25, 0.3) is 0 Å². The van der Waals surface area contributed by atoms with Gasteiger partial charge in [-0.2, -0.15) is 0 Å². The molecule has 2 aromatic carbocycles. The molecule has 20 heavy (non-hydrogen) atoms. The van der Waals surface area contributed by atoms with E-state index in [-0.39, 0.29) is 12.4 Å². The largest absolute Gasteiger partial charge is 0.461 e. The third kappa shape index (κ3) is 3.85. The van der Waals surface area contributed by atoms with Gasteiger partial charge in [-0.05, 0) is 48.2 Å². The molecule has 0 radical (unpaired) electrons. The zero-order chi connectivity index (χ0) is 14.5. The molecule has 2 rings (SSSR count). The van der Waals surface area contributed by atoms with E-state index in [1.807, 2.05) is 30.3 Å². The van der Waals surface area contributed by atoms with Crippen molar-refractivity contribution in [2.24, 2.45) is 0 Å². The molecule has 0 aromatic heterocycles. The first kappa shape index (κ1) is 14.1. The second kappa shape index (κ2) is 6.24. The molecular weight excluding hydrogens is 250 g/mol. The minimum absolute atomic E-state index is 0.229. The van der Waals surface area contributed by atoms with E-state index in [9.17, 15) is 4.79 Å². The van der Waals surface area contributed by atoms with Crippen LogP contribution in [0.5, 0.6) is 0 Å². The van der Waals surface area contributed by atoms with E-state index in [1.54, 1.807) is 12.1 Å². The predicted molar refractivity (Wildman–Crippen MR) is 80.3 cm³/mol. The molecule has 0 heterocycles. The number of carbonyl (C=O) groups excluding carboxylic acids is 1. The number of hydrogen-bond acceptors (Lipinski definition) is 3. The van der Waals surface area contributed by atoms with Gasteiger partial charge in [0.15, 0.2) is 0 Å². The minimum Gasteiger partial charge on any atom is -0.461 e. The van der Waals surface area contributed by atoms with Crippen LogP contribution in [0.4, 0.5) is 5.69 Å². The van der Waals surface area contributed by atoms with E-state index in [4.69, 9.17) is 10.5 Å². The summed E-state index contributed by atoms with van der Waals surface area (Å²) in [6.07, 6.45) is 0.269. The average molecular weight is 269 g/mol. The Morgan fingerprint density at radius 3 is 2.30 bits per heavy atom. The molecule has 0 aliphatic carbocycles. The van der Waals surface area contributed by atoms with Gasteiger partial charge in [0.1, 0.15) is 6.61 Å². The molecule has 0 aliphatic rings. The van der Waals surface area contributed by atoms with Gasteiger partial charge in [0.2, 0.25) is 0 Å². The maximum atomic E-state index is 11.8. The standard InChI is InChI=1S/C17H19NO2/c1-12-3-4-15(9-13(12)2)11-20-17(19)10-14-5-7-16(18)8-6-14/h3-9H,10-11,18H2,1-2H3. The summed E-state index contributed by atoms with van der Waals surface area (Å²) in [7, 11) is 0. The second-order valence-corrected chi connectivity index (χ2v) is 5.00. The third-order valence-corrected chi connectivity index (χ3v) is 3.30. The summed E-state index contributed by atoms with van der Waals surface area (Å²) < 4.78 is 5.29. The van der Waals surface area contributed by atoms with Gasteiger partial charge in [-0.25, -0.2) is 0 Å². The summed E-state index contributed by atoms with van der Waals surface area (Å²) in [5.74, 6) is -0.229. The van der Waals surface area contributed by atoms with Crippen LogP contribution >= 0.6 is 0 Å². The van der Waals surface area contributed by atoms with Gasteiger partial charge in [-0.3, -0.25) is 4.79 Å². The van der Waals surface area contributed by atoms with Gasteiger partial charge in [0, 0.05) is 5.69 Å². The Bertz CT molecular complexity index is 603. The van der Waals surface area contributed by atoms with Gasteiger partial charge in [-0.15, -0.1) is 0 Å². The molecule has 104 valence electrons. The molecule has 0 fully saturated rings. The van der Waals surface area contributed by atoms with Crippen molar-refractivity contribution in [2.45, 2.75) is 26.9 Å². The molecule has 3 nitrogen and oxygen atoms in total. The fourth-order valence-corrected chi connectivity index (χ4v) is 1.91. The fraction of sp³-hybridized carbons (Fsp3) is 0.235. The van der Waals surface area contributed by atoms with E-state index in [0.717, 1.165) is 11.1 Å². The molecule has 3 heteroatoms. The highest BCUT2D eigenvalue weighted by Crippen LogP contribution is 2.12. The summed E-state index contributed by atoms with van der Waals surface area (Å²) in [6, 6.07) is 13.3. The van der Waals surface area contributed by atoms with Gasteiger partial charge in [-0.1, -0.05) is 30.3 Å². The number of anilines is 1. The van der Waals surface area contributed by atoms with Crippen molar-refractivity contribution in [2.75, 3.05) is 5.73 Å². The van der Waals surface area contributed by atoms with E-state index in [1.165, 1.54) is 11.1 Å². The Morgan fingerprint density at radius 1 is 1.00 bits per heavy atom. The minimum atomic E-state index is -0.229. The maximum Gasteiger partial charge on any atom is 0.310 e. The van der Waals surface area contributed by atoms with Crippen LogP contribution in [0.15, 0.2) is 42.5 Å². The highest BCUT2D eigenvalue weighted by Gasteiger charge is 2.05. The lowest BCUT2D eigenvalue weighted by Crippen LogP contribution is -2.08. The van der Waals surface area contributed by atoms with Crippen molar-refractivity contribution >= 4 is 11.7 Å². The average Bonchev–Trinajstić information content (AvgIpc) is 2.43. The summed E-state index contributed by atoms with van der Waals surface area (Å²) in [5.41, 5.74) is 10.7. The number of hydrogen-bond donors (Lipinski definition) is 1. The molecule has 0 saturated heterocycles. The summed E-state index contributed by atoms with van der Waals surface area (Å²) in [6.45, 7) is 4.43. The van der Waals surface area contributed by atoms with Crippen LogP contribution in [0.1, 0.15) is 22.3 Å². The fourth-order valence-electron chi connectivity index (χ4n) is 1.91. The van der Waals surface area contributed by atoms with E-state index >= 15 is 0 Å². The Morgan fingerprint density at radius 2 is 1.65 bits per heavy atom. The molecular formula is C17H19NO2. The van der Waals surface area contributed by atoms with Crippen molar-refractivity contribution in [1.82, 2.24) is 0 Å². The van der Waals surface area contributed by atoms with Crippen molar-refractivity contribution in [3.8, 4) is 0 Å². The first-order valence-electron chi connectivity index (χ1n) is 6.61. The van der Waals surface area contributed by atoms with Crippen molar-refractivity contribution in [3.63, 3.8) is 0 Å². The molecule has 2 N–H and O–H groups in total. The topological polar surface area (TPSA) is 52.3 Å². The summed E-state index contributed by atoms with van der Waals surface area (Å²) >= 11 is 0. The van der Waals surface area contributed by atoms with Crippen molar-refractivity contribution in [3.05, 3.63) is 64.7 Å². The Hall–Kier alpha value is -2.29. The van der Waals surface area contributed by atoms with Gasteiger partial charge in [0.05, 0.1) is 6.42 Å².